The zero-order valence-electron chi connectivity index (χ0n) is 13.7. The van der Waals surface area contributed by atoms with Crippen LogP contribution in [0.1, 0.15) is 0 Å². The first-order valence-electron chi connectivity index (χ1n) is 7.75. The lowest BCUT2D eigenvalue weighted by Gasteiger charge is -2.26. The Hall–Kier alpha value is -2.33. The van der Waals surface area contributed by atoms with E-state index in [0.717, 1.165) is 22.0 Å². The van der Waals surface area contributed by atoms with Crippen molar-refractivity contribution >= 4 is 36.1 Å². The van der Waals surface area contributed by atoms with E-state index >= 15 is 0 Å². The van der Waals surface area contributed by atoms with Crippen LogP contribution in [-0.4, -0.2) is 13.3 Å². The lowest BCUT2D eigenvalue weighted by Crippen LogP contribution is -2.26. The van der Waals surface area contributed by atoms with Crippen LogP contribution in [0.2, 0.25) is 0 Å². The summed E-state index contributed by atoms with van der Waals surface area (Å²) in [6, 6.07) is 30.7. The van der Waals surface area contributed by atoms with Gasteiger partial charge in [-0.15, -0.1) is 0 Å². The Bertz CT molecular complexity index is 740. The van der Waals surface area contributed by atoms with Gasteiger partial charge in [-0.05, 0) is 15.9 Å². The van der Waals surface area contributed by atoms with Crippen LogP contribution in [0.4, 0.5) is 21.7 Å². The molecule has 3 aromatic rings. The SMILES string of the molecule is FC=P(c1ccccc1)(c1ccccc1)c1ccccc1.F[B-](F)(F)F. The molecule has 0 aliphatic carbocycles. The van der Waals surface area contributed by atoms with Gasteiger partial charge in [0.1, 0.15) is 0 Å². The molecule has 0 nitrogen and oxygen atoms in total. The van der Waals surface area contributed by atoms with Gasteiger partial charge in [0.05, 0.1) is 6.05 Å². The Labute approximate surface area is 149 Å². The number of benzene rings is 3. The van der Waals surface area contributed by atoms with Crippen LogP contribution in [0.3, 0.4) is 0 Å². The highest BCUT2D eigenvalue weighted by atomic mass is 31.2. The van der Waals surface area contributed by atoms with E-state index in [2.05, 4.69) is 0 Å². The van der Waals surface area contributed by atoms with E-state index in [1.807, 2.05) is 91.0 Å². The minimum Gasteiger partial charge on any atom is -0.418 e. The quantitative estimate of drug-likeness (QED) is 0.340. The van der Waals surface area contributed by atoms with E-state index in [-0.39, 0.29) is 0 Å². The molecule has 0 radical (unpaired) electrons. The van der Waals surface area contributed by atoms with Gasteiger partial charge in [0.25, 0.3) is 0 Å². The molecule has 0 fully saturated rings. The maximum atomic E-state index is 14.3. The van der Waals surface area contributed by atoms with Crippen molar-refractivity contribution < 1.29 is 21.7 Å². The first kappa shape index (κ1) is 20.0. The van der Waals surface area contributed by atoms with Crippen molar-refractivity contribution in [2.45, 2.75) is 0 Å². The van der Waals surface area contributed by atoms with E-state index in [0.29, 0.717) is 0 Å². The molecule has 0 amide bonds. The number of hydrogen-bond donors (Lipinski definition) is 0. The molecule has 0 aromatic heterocycles. The summed E-state index contributed by atoms with van der Waals surface area (Å²) >= 11 is 0. The van der Waals surface area contributed by atoms with Crippen LogP contribution in [0.5, 0.6) is 0 Å². The summed E-state index contributed by atoms with van der Waals surface area (Å²) < 4.78 is 53.3. The molecule has 7 heteroatoms. The van der Waals surface area contributed by atoms with Gasteiger partial charge in [-0.25, -0.2) is 4.39 Å². The number of rotatable bonds is 3. The molecule has 3 aromatic carbocycles. The molecular formula is C19H16BF5P-. The van der Waals surface area contributed by atoms with Gasteiger partial charge in [-0.3, -0.25) is 0 Å². The van der Waals surface area contributed by atoms with E-state index in [1.54, 1.807) is 0 Å². The van der Waals surface area contributed by atoms with Crippen LogP contribution in [0, 0.1) is 0 Å². The van der Waals surface area contributed by atoms with Gasteiger partial charge < -0.3 is 17.3 Å². The van der Waals surface area contributed by atoms with Gasteiger partial charge >= 0.3 is 7.25 Å². The molecule has 0 saturated carbocycles. The van der Waals surface area contributed by atoms with Crippen molar-refractivity contribution in [3.63, 3.8) is 0 Å². The Morgan fingerprint density at radius 2 is 0.769 bits per heavy atom. The number of halogens is 5. The van der Waals surface area contributed by atoms with Crippen molar-refractivity contribution in [2.75, 3.05) is 0 Å². The molecule has 0 aliphatic heterocycles. The van der Waals surface area contributed by atoms with Gasteiger partial charge in [-0.1, -0.05) is 91.0 Å². The molecule has 0 spiro atoms. The summed E-state index contributed by atoms with van der Waals surface area (Å²) in [6.07, 6.45) is 0. The Morgan fingerprint density at radius 3 is 0.962 bits per heavy atom. The molecule has 0 bridgehead atoms. The highest BCUT2D eigenvalue weighted by molar-refractivity contribution is 7.94. The van der Waals surface area contributed by atoms with Crippen LogP contribution in [0.15, 0.2) is 91.0 Å². The topological polar surface area (TPSA) is 0 Å². The van der Waals surface area contributed by atoms with E-state index < -0.39 is 14.1 Å². The number of hydrogen-bond acceptors (Lipinski definition) is 0. The first-order chi connectivity index (χ1) is 12.4. The van der Waals surface area contributed by atoms with Crippen LogP contribution >= 0.6 is 6.89 Å². The smallest absolute Gasteiger partial charge is 0.418 e. The summed E-state index contributed by atoms with van der Waals surface area (Å²) in [5, 5.41) is 3.10. The second-order valence-electron chi connectivity index (χ2n) is 5.32. The minimum absolute atomic E-state index is 0.910. The van der Waals surface area contributed by atoms with Crippen LogP contribution in [-0.2, 0) is 0 Å². The maximum Gasteiger partial charge on any atom is 0.673 e. The predicted molar refractivity (Wildman–Crippen MR) is 103 cm³/mol. The van der Waals surface area contributed by atoms with Gasteiger partial charge in [0.15, 0.2) is 0 Å². The molecule has 0 atom stereocenters. The van der Waals surface area contributed by atoms with Gasteiger partial charge in [0, 0.05) is 6.89 Å². The van der Waals surface area contributed by atoms with Crippen molar-refractivity contribution in [3.8, 4) is 0 Å². The zero-order valence-corrected chi connectivity index (χ0v) is 14.5. The summed E-state index contributed by atoms with van der Waals surface area (Å²) in [4.78, 5) is 0. The second-order valence-corrected chi connectivity index (χ2v) is 8.51. The van der Waals surface area contributed by atoms with E-state index in [4.69, 9.17) is 0 Å². The zero-order chi connectivity index (χ0) is 19.0. The third-order valence-electron chi connectivity index (χ3n) is 3.64. The average Bonchev–Trinajstić information content (AvgIpc) is 2.64. The first-order valence-corrected chi connectivity index (χ1v) is 9.61. The third-order valence-corrected chi connectivity index (χ3v) is 7.27. The molecule has 0 N–H and O–H groups in total. The van der Waals surface area contributed by atoms with Gasteiger partial charge in [0.2, 0.25) is 0 Å². The average molecular weight is 381 g/mol. The maximum absolute atomic E-state index is 14.3. The minimum atomic E-state index is -6.00. The third kappa shape index (κ3) is 5.09. The molecule has 0 unspecified atom stereocenters. The fraction of sp³-hybridized carbons (Fsp3) is 0. The molecule has 0 saturated heterocycles. The second kappa shape index (κ2) is 8.86. The Kier molecular flexibility index (Phi) is 6.81. The van der Waals surface area contributed by atoms with Crippen LogP contribution in [0.25, 0.3) is 0 Å². The molecule has 3 rings (SSSR count). The van der Waals surface area contributed by atoms with Crippen molar-refractivity contribution in [1.82, 2.24) is 0 Å². The summed E-state index contributed by atoms with van der Waals surface area (Å²) in [5.41, 5.74) is 0. The summed E-state index contributed by atoms with van der Waals surface area (Å²) in [5.74, 6) is 0. The molecule has 0 heterocycles. The lowest BCUT2D eigenvalue weighted by atomic mass is 10.3. The highest BCUT2D eigenvalue weighted by Crippen LogP contribution is 2.43. The fourth-order valence-corrected chi connectivity index (χ4v) is 5.77. The molecular weight excluding hydrogens is 365 g/mol. The summed E-state index contributed by atoms with van der Waals surface area (Å²) in [7, 11) is -6.00. The highest BCUT2D eigenvalue weighted by Gasteiger charge is 2.25. The Morgan fingerprint density at radius 1 is 0.538 bits per heavy atom. The Balaban J connectivity index is 0.000000431. The normalized spacial score (nSPS) is 11.3. The summed E-state index contributed by atoms with van der Waals surface area (Å²) in [6.45, 7) is -2.33. The van der Waals surface area contributed by atoms with Crippen molar-refractivity contribution in [3.05, 3.63) is 91.0 Å². The molecule has 136 valence electrons. The fourth-order valence-electron chi connectivity index (χ4n) is 2.61. The van der Waals surface area contributed by atoms with E-state index in [1.165, 1.54) is 0 Å². The van der Waals surface area contributed by atoms with E-state index in [9.17, 15) is 21.7 Å². The van der Waals surface area contributed by atoms with Gasteiger partial charge in [-0.2, -0.15) is 0 Å². The molecule has 26 heavy (non-hydrogen) atoms. The van der Waals surface area contributed by atoms with Crippen molar-refractivity contribution in [1.29, 1.82) is 0 Å². The van der Waals surface area contributed by atoms with Crippen LogP contribution < -0.4 is 15.9 Å². The lowest BCUT2D eigenvalue weighted by molar-refractivity contribution is 0.368. The predicted octanol–water partition coefficient (Wildman–Crippen LogP) is 5.01. The standard InChI is InChI=1S/C19H16FP.BF4/c20-16-21(17-10-4-1-5-11-17,18-12-6-2-7-13-18)19-14-8-3-9-15-19;2-1(3,4)5/h1-16H;/q;-1. The largest absolute Gasteiger partial charge is 0.673 e. The monoisotopic (exact) mass is 381 g/mol. The molecule has 0 aliphatic rings. The van der Waals surface area contributed by atoms with Crippen molar-refractivity contribution in [2.24, 2.45) is 0 Å².